The van der Waals surface area contributed by atoms with Crippen LogP contribution in [-0.4, -0.2) is 63.0 Å². The van der Waals surface area contributed by atoms with E-state index in [0.717, 1.165) is 16.7 Å². The fourth-order valence-corrected chi connectivity index (χ4v) is 5.39. The number of methoxy groups -OCH3 is 1. The number of phenolic OH excluding ortho intramolecular Hbond substituents is 1. The summed E-state index contributed by atoms with van der Waals surface area (Å²) in [6.45, 7) is 2.49. The first-order valence-electron chi connectivity index (χ1n) is 13.4. The van der Waals surface area contributed by atoms with Gasteiger partial charge in [0.15, 0.2) is 28.8 Å². The molecule has 0 spiro atoms. The van der Waals surface area contributed by atoms with E-state index in [4.69, 9.17) is 9.47 Å². The van der Waals surface area contributed by atoms with Crippen LogP contribution < -0.4 is 14.8 Å². The summed E-state index contributed by atoms with van der Waals surface area (Å²) in [5.41, 5.74) is 3.47. The number of carbonyl (C=O) groups excluding carboxylic acids is 2. The van der Waals surface area contributed by atoms with Gasteiger partial charge in [-0.05, 0) is 60.9 Å². The lowest BCUT2D eigenvalue weighted by atomic mass is 9.93. The van der Waals surface area contributed by atoms with Crippen LogP contribution in [0.25, 0.3) is 11.4 Å². The number of hydrogen-bond acceptors (Lipinski definition) is 8. The zero-order chi connectivity index (χ0) is 28.5. The average molecular weight is 552 g/mol. The minimum absolute atomic E-state index is 0.0109. The van der Waals surface area contributed by atoms with Gasteiger partial charge in [0, 0.05) is 49.6 Å². The largest absolute Gasteiger partial charge is 0.504 e. The lowest BCUT2D eigenvalue weighted by molar-refractivity contribution is -0.121. The number of aryl methyl sites for hydroxylation is 2. The summed E-state index contributed by atoms with van der Waals surface area (Å²) < 4.78 is 11.7. The fourth-order valence-electron chi connectivity index (χ4n) is 5.39. The van der Waals surface area contributed by atoms with E-state index in [9.17, 15) is 14.7 Å². The van der Waals surface area contributed by atoms with Crippen LogP contribution in [0.15, 0.2) is 67.1 Å². The summed E-state index contributed by atoms with van der Waals surface area (Å²) in [5.74, 6) is 1.18. The summed E-state index contributed by atoms with van der Waals surface area (Å²) in [6.07, 6.45) is 5.64. The topological polar surface area (TPSA) is 127 Å². The zero-order valence-corrected chi connectivity index (χ0v) is 22.7. The normalized spacial score (nSPS) is 18.2. The molecule has 4 bridgehead atoms. The summed E-state index contributed by atoms with van der Waals surface area (Å²) in [7, 11) is 1.55. The lowest BCUT2D eigenvalue weighted by Gasteiger charge is -2.21. The van der Waals surface area contributed by atoms with Crippen LogP contribution in [0.1, 0.15) is 39.5 Å². The van der Waals surface area contributed by atoms with Crippen molar-refractivity contribution in [3.63, 3.8) is 0 Å². The zero-order valence-electron chi connectivity index (χ0n) is 22.7. The van der Waals surface area contributed by atoms with Crippen LogP contribution >= 0.6 is 0 Å². The third kappa shape index (κ3) is 5.28. The van der Waals surface area contributed by atoms with Gasteiger partial charge in [-0.2, -0.15) is 0 Å². The van der Waals surface area contributed by atoms with Gasteiger partial charge in [-0.3, -0.25) is 14.6 Å². The predicted molar refractivity (Wildman–Crippen MR) is 150 cm³/mol. The molecule has 1 saturated heterocycles. The second kappa shape index (κ2) is 10.9. The number of amides is 2. The van der Waals surface area contributed by atoms with Crippen molar-refractivity contribution in [1.29, 1.82) is 0 Å². The van der Waals surface area contributed by atoms with Gasteiger partial charge >= 0.3 is 0 Å². The molecule has 4 heterocycles. The van der Waals surface area contributed by atoms with Gasteiger partial charge in [0.25, 0.3) is 5.91 Å². The lowest BCUT2D eigenvalue weighted by Crippen LogP contribution is -2.40. The molecule has 2 atom stereocenters. The summed E-state index contributed by atoms with van der Waals surface area (Å²) in [4.78, 5) is 41.6. The molecule has 208 valence electrons. The second-order valence-corrected chi connectivity index (χ2v) is 10.2. The molecule has 2 aliphatic heterocycles. The van der Waals surface area contributed by atoms with E-state index in [-0.39, 0.29) is 41.7 Å². The van der Waals surface area contributed by atoms with E-state index < -0.39 is 0 Å². The number of rotatable bonds is 3. The molecule has 41 heavy (non-hydrogen) atoms. The van der Waals surface area contributed by atoms with Crippen LogP contribution in [0.4, 0.5) is 0 Å². The first-order valence-corrected chi connectivity index (χ1v) is 13.4. The number of hydrogen-bond donors (Lipinski definition) is 2. The highest BCUT2D eigenvalue weighted by atomic mass is 16.5. The third-order valence-electron chi connectivity index (χ3n) is 7.58. The maximum atomic E-state index is 13.7. The molecule has 2 N–H and O–H groups in total. The Hall–Kier alpha value is -4.99. The monoisotopic (exact) mass is 551 g/mol. The molecule has 4 aromatic rings. The number of pyridine rings is 1. The molecule has 2 aromatic carbocycles. The molecule has 10 heteroatoms. The molecule has 0 radical (unpaired) electrons. The van der Waals surface area contributed by atoms with Gasteiger partial charge in [-0.1, -0.05) is 12.1 Å². The number of likely N-dealkylation sites (tertiary alicyclic amines) is 1. The molecule has 6 rings (SSSR count). The summed E-state index contributed by atoms with van der Waals surface area (Å²) in [6, 6.07) is 14.0. The van der Waals surface area contributed by atoms with Crippen molar-refractivity contribution >= 4 is 11.8 Å². The van der Waals surface area contributed by atoms with E-state index in [1.807, 2.05) is 24.3 Å². The third-order valence-corrected chi connectivity index (χ3v) is 7.58. The number of nitrogens with zero attached hydrogens (tertiary/aromatic N) is 4. The molecule has 2 amide bonds. The minimum atomic E-state index is -0.319. The highest BCUT2D eigenvalue weighted by molar-refractivity contribution is 5.95. The van der Waals surface area contributed by atoms with E-state index in [2.05, 4.69) is 20.3 Å². The van der Waals surface area contributed by atoms with Crippen LogP contribution in [0.5, 0.6) is 23.0 Å². The predicted octanol–water partition coefficient (Wildman–Crippen LogP) is 4.02. The Balaban J connectivity index is 1.32. The molecule has 1 fully saturated rings. The molecule has 0 saturated carbocycles. The molecule has 2 aromatic heterocycles. The number of ether oxygens (including phenoxy) is 2. The van der Waals surface area contributed by atoms with Gasteiger partial charge in [-0.15, -0.1) is 0 Å². The summed E-state index contributed by atoms with van der Waals surface area (Å²) in [5, 5.41) is 13.6. The minimum Gasteiger partial charge on any atom is -0.504 e. The van der Waals surface area contributed by atoms with Crippen LogP contribution in [0, 0.1) is 6.92 Å². The van der Waals surface area contributed by atoms with E-state index in [1.54, 1.807) is 61.8 Å². The summed E-state index contributed by atoms with van der Waals surface area (Å²) >= 11 is 0. The Morgan fingerprint density at radius 3 is 2.76 bits per heavy atom. The van der Waals surface area contributed by atoms with Crippen LogP contribution in [0.3, 0.4) is 0 Å². The van der Waals surface area contributed by atoms with Gasteiger partial charge < -0.3 is 24.8 Å². The van der Waals surface area contributed by atoms with Crippen molar-refractivity contribution in [1.82, 2.24) is 25.2 Å². The number of aromatic nitrogens is 3. The van der Waals surface area contributed by atoms with Crippen LogP contribution in [-0.2, 0) is 11.2 Å². The van der Waals surface area contributed by atoms with E-state index >= 15 is 0 Å². The number of nitrogens with one attached hydrogen (secondary N) is 1. The highest BCUT2D eigenvalue weighted by Gasteiger charge is 2.38. The van der Waals surface area contributed by atoms with Gasteiger partial charge in [0.05, 0.1) is 24.4 Å². The maximum Gasteiger partial charge on any atom is 0.257 e. The van der Waals surface area contributed by atoms with Crippen LogP contribution in [0.2, 0.25) is 0 Å². The molecular weight excluding hydrogens is 522 g/mol. The fraction of sp³-hybridized carbons (Fsp3) is 0.258. The quantitative estimate of drug-likeness (QED) is 0.391. The molecule has 10 nitrogen and oxygen atoms in total. The highest BCUT2D eigenvalue weighted by Crippen LogP contribution is 2.40. The number of aromatic hydroxyl groups is 1. The standard InChI is InChI=1S/C31H29N5O5/c1-18-22(15-33-30(34-18)21-4-3-11-32-14-21)31(39)36-16-23-20-7-9-26(40-2)28(13-20)41-27-12-19(5-8-25(27)37)6-10-29(38)35-24(23)17-36/h3-5,7-9,11-15,23-24,37H,6,10,16-17H2,1-2H3,(H,35,38)/t23-,24+/m0/s1. The Labute approximate surface area is 237 Å². The number of fused-ring (bicyclic) bond motifs is 6. The first-order chi connectivity index (χ1) is 19.9. The Bertz CT molecular complexity index is 1630. The van der Waals surface area contributed by atoms with Gasteiger partial charge in [-0.25, -0.2) is 9.97 Å². The smallest absolute Gasteiger partial charge is 0.257 e. The number of benzene rings is 2. The maximum absolute atomic E-state index is 13.7. The molecular formula is C31H29N5O5. The Morgan fingerprint density at radius 1 is 1.10 bits per heavy atom. The van der Waals surface area contributed by atoms with Gasteiger partial charge in [0.2, 0.25) is 5.91 Å². The molecule has 2 aliphatic rings. The van der Waals surface area contributed by atoms with Crippen molar-refractivity contribution < 1.29 is 24.2 Å². The molecule has 0 aliphatic carbocycles. The van der Waals surface area contributed by atoms with E-state index in [1.165, 1.54) is 0 Å². The van der Waals surface area contributed by atoms with Crippen molar-refractivity contribution in [2.45, 2.75) is 31.7 Å². The SMILES string of the molecule is COc1ccc2cc1Oc1cc(ccc1O)CCC(=O)N[C@@H]1CN(C(=O)c3cnc(-c4cccnc4)nc3C)C[C@@H]21. The number of carbonyl (C=O) groups is 2. The second-order valence-electron chi connectivity index (χ2n) is 10.2. The van der Waals surface area contributed by atoms with Crippen molar-refractivity contribution in [2.24, 2.45) is 0 Å². The number of phenols is 1. The van der Waals surface area contributed by atoms with Crippen molar-refractivity contribution in [2.75, 3.05) is 20.2 Å². The molecule has 0 unspecified atom stereocenters. The first kappa shape index (κ1) is 26.2. The Morgan fingerprint density at radius 2 is 1.98 bits per heavy atom. The average Bonchev–Trinajstić information content (AvgIpc) is 3.40. The Kier molecular flexibility index (Phi) is 6.96. The van der Waals surface area contributed by atoms with Crippen molar-refractivity contribution in [3.05, 3.63) is 89.5 Å². The van der Waals surface area contributed by atoms with E-state index in [0.29, 0.717) is 48.1 Å². The van der Waals surface area contributed by atoms with Gasteiger partial charge in [0.1, 0.15) is 0 Å². The van der Waals surface area contributed by atoms with Crippen molar-refractivity contribution in [3.8, 4) is 34.4 Å².